The molecule has 0 spiro atoms. The van der Waals surface area contributed by atoms with Crippen molar-refractivity contribution < 1.29 is 9.59 Å². The number of hydrogen-bond acceptors (Lipinski definition) is 3. The number of para-hydroxylation sites is 1. The fourth-order valence-corrected chi connectivity index (χ4v) is 4.36. The molecule has 2 amide bonds. The minimum Gasteiger partial charge on any atom is -0.357 e. The second-order valence-electron chi connectivity index (χ2n) is 8.33. The quantitative estimate of drug-likeness (QED) is 0.685. The lowest BCUT2D eigenvalue weighted by Crippen LogP contribution is -2.60. The molecule has 0 aliphatic carbocycles. The summed E-state index contributed by atoms with van der Waals surface area (Å²) in [5, 5.41) is 6.80. The minimum atomic E-state index is -0.501. The Hall–Kier alpha value is -3.41. The van der Waals surface area contributed by atoms with E-state index in [1.165, 1.54) is 10.6 Å². The second kappa shape index (κ2) is 7.13. The van der Waals surface area contributed by atoms with Gasteiger partial charge in [-0.2, -0.15) is 5.10 Å². The van der Waals surface area contributed by atoms with E-state index in [9.17, 15) is 9.59 Å². The number of piperazine rings is 1. The molecule has 1 fully saturated rings. The molecule has 152 valence electrons. The molecule has 0 saturated carbocycles. The summed E-state index contributed by atoms with van der Waals surface area (Å²) in [5.74, 6) is 0.265. The van der Waals surface area contributed by atoms with E-state index in [1.54, 1.807) is 11.1 Å². The van der Waals surface area contributed by atoms with Crippen LogP contribution in [0.4, 0.5) is 0 Å². The van der Waals surface area contributed by atoms with E-state index >= 15 is 0 Å². The predicted molar refractivity (Wildman–Crippen MR) is 116 cm³/mol. The Morgan fingerprint density at radius 3 is 2.60 bits per heavy atom. The summed E-state index contributed by atoms with van der Waals surface area (Å²) in [6, 6.07) is 15.7. The lowest BCUT2D eigenvalue weighted by Gasteiger charge is -2.40. The molecule has 2 aliphatic heterocycles. The fourth-order valence-electron chi connectivity index (χ4n) is 4.36. The van der Waals surface area contributed by atoms with Gasteiger partial charge < -0.3 is 9.88 Å². The largest absolute Gasteiger partial charge is 0.357 e. The predicted octanol–water partition coefficient (Wildman–Crippen LogP) is 3.42. The van der Waals surface area contributed by atoms with Gasteiger partial charge in [-0.05, 0) is 28.7 Å². The Balaban J connectivity index is 1.39. The zero-order chi connectivity index (χ0) is 20.8. The van der Waals surface area contributed by atoms with Gasteiger partial charge in [0.25, 0.3) is 5.91 Å². The van der Waals surface area contributed by atoms with E-state index in [-0.39, 0.29) is 18.4 Å². The van der Waals surface area contributed by atoms with E-state index < -0.39 is 6.04 Å². The van der Waals surface area contributed by atoms with E-state index in [4.69, 9.17) is 0 Å². The van der Waals surface area contributed by atoms with Gasteiger partial charge in [0.1, 0.15) is 12.6 Å². The fraction of sp³-hybridized carbons (Fsp3) is 0.292. The third-order valence-electron chi connectivity index (χ3n) is 6.10. The van der Waals surface area contributed by atoms with Crippen molar-refractivity contribution in [1.29, 1.82) is 0 Å². The minimum absolute atomic E-state index is 0.0223. The molecule has 1 aromatic heterocycles. The number of hydrazone groups is 1. The van der Waals surface area contributed by atoms with Crippen LogP contribution < -0.4 is 0 Å². The van der Waals surface area contributed by atoms with Crippen molar-refractivity contribution in [3.63, 3.8) is 0 Å². The number of aromatic nitrogens is 1. The van der Waals surface area contributed by atoms with Crippen molar-refractivity contribution in [3.05, 3.63) is 70.9 Å². The summed E-state index contributed by atoms with van der Waals surface area (Å²) in [7, 11) is 0. The Morgan fingerprint density at radius 2 is 1.83 bits per heavy atom. The van der Waals surface area contributed by atoms with Crippen LogP contribution in [0.15, 0.2) is 53.6 Å². The number of carbonyl (C=O) groups is 2. The zero-order valence-electron chi connectivity index (χ0n) is 17.1. The van der Waals surface area contributed by atoms with Crippen molar-refractivity contribution in [2.45, 2.75) is 38.8 Å². The first kappa shape index (κ1) is 18.6. The van der Waals surface area contributed by atoms with E-state index in [1.807, 2.05) is 30.3 Å². The maximum Gasteiger partial charge on any atom is 0.266 e. The van der Waals surface area contributed by atoms with Gasteiger partial charge in [0, 0.05) is 23.0 Å². The number of rotatable bonds is 3. The first-order valence-electron chi connectivity index (χ1n) is 10.3. The normalized spacial score (nSPS) is 19.1. The maximum absolute atomic E-state index is 13.1. The summed E-state index contributed by atoms with van der Waals surface area (Å²) in [6.45, 7) is 4.71. The molecule has 5 rings (SSSR count). The highest BCUT2D eigenvalue weighted by Gasteiger charge is 2.43. The molecular formula is C24H24N4O2. The molecule has 2 aliphatic rings. The standard InChI is InChI=1S/C24H24N4O2/c1-15(2)17-9-7-16(8-10-17)12-25-28-14-23(29)27-13-21-19(11-22(27)24(28)30)18-5-3-4-6-20(18)26-21/h3-10,12,15,22,26H,11,13-14H2,1-2H3/b25-12-/t22-/m0/s1. The summed E-state index contributed by atoms with van der Waals surface area (Å²) in [6.07, 6.45) is 2.17. The molecule has 1 atom stereocenters. The monoisotopic (exact) mass is 400 g/mol. The average molecular weight is 400 g/mol. The van der Waals surface area contributed by atoms with Crippen LogP contribution in [0.25, 0.3) is 10.9 Å². The number of fused-ring (bicyclic) bond motifs is 4. The number of nitrogens with zero attached hydrogens (tertiary/aromatic N) is 3. The average Bonchev–Trinajstić information content (AvgIpc) is 3.12. The number of nitrogens with one attached hydrogen (secondary N) is 1. The first-order chi connectivity index (χ1) is 14.5. The van der Waals surface area contributed by atoms with Crippen LogP contribution in [0.2, 0.25) is 0 Å². The maximum atomic E-state index is 13.1. The number of amides is 2. The number of H-pyrrole nitrogens is 1. The highest BCUT2D eigenvalue weighted by molar-refractivity contribution is 5.97. The number of hydrogen-bond donors (Lipinski definition) is 1. The van der Waals surface area contributed by atoms with Crippen LogP contribution in [0.5, 0.6) is 0 Å². The van der Waals surface area contributed by atoms with Gasteiger partial charge in [-0.25, -0.2) is 5.01 Å². The van der Waals surface area contributed by atoms with E-state index in [0.29, 0.717) is 18.9 Å². The van der Waals surface area contributed by atoms with Gasteiger partial charge in [-0.15, -0.1) is 0 Å². The van der Waals surface area contributed by atoms with Crippen LogP contribution in [0, 0.1) is 0 Å². The van der Waals surface area contributed by atoms with Gasteiger partial charge in [0.05, 0.1) is 12.8 Å². The summed E-state index contributed by atoms with van der Waals surface area (Å²) in [5.41, 5.74) is 5.36. The van der Waals surface area contributed by atoms with Crippen LogP contribution >= 0.6 is 0 Å². The Labute approximate surface area is 175 Å². The number of benzene rings is 2. The second-order valence-corrected chi connectivity index (χ2v) is 8.33. The molecule has 2 aromatic carbocycles. The van der Waals surface area contributed by atoms with E-state index in [2.05, 4.69) is 42.1 Å². The lowest BCUT2D eigenvalue weighted by molar-refractivity contribution is -0.157. The topological polar surface area (TPSA) is 68.8 Å². The van der Waals surface area contributed by atoms with Crippen LogP contribution in [0.3, 0.4) is 0 Å². The third-order valence-corrected chi connectivity index (χ3v) is 6.10. The van der Waals surface area contributed by atoms with E-state index in [0.717, 1.165) is 27.7 Å². The highest BCUT2D eigenvalue weighted by Crippen LogP contribution is 2.32. The van der Waals surface area contributed by atoms with Crippen molar-refractivity contribution in [2.24, 2.45) is 5.10 Å². The van der Waals surface area contributed by atoms with Crippen LogP contribution in [0.1, 0.15) is 42.1 Å². The molecule has 0 radical (unpaired) electrons. The van der Waals surface area contributed by atoms with Crippen molar-refractivity contribution in [3.8, 4) is 0 Å². The smallest absolute Gasteiger partial charge is 0.266 e. The van der Waals surface area contributed by atoms with Gasteiger partial charge in [0.15, 0.2) is 0 Å². The summed E-state index contributed by atoms with van der Waals surface area (Å²) in [4.78, 5) is 31.0. The van der Waals surface area contributed by atoms with Gasteiger partial charge >= 0.3 is 0 Å². The lowest BCUT2D eigenvalue weighted by atomic mass is 9.94. The van der Waals surface area contributed by atoms with Crippen LogP contribution in [-0.4, -0.2) is 45.5 Å². The summed E-state index contributed by atoms with van der Waals surface area (Å²) < 4.78 is 0. The molecule has 3 heterocycles. The molecular weight excluding hydrogens is 376 g/mol. The summed E-state index contributed by atoms with van der Waals surface area (Å²) >= 11 is 0. The molecule has 0 unspecified atom stereocenters. The molecule has 1 N–H and O–H groups in total. The zero-order valence-corrected chi connectivity index (χ0v) is 17.1. The van der Waals surface area contributed by atoms with Crippen molar-refractivity contribution in [2.75, 3.05) is 6.54 Å². The number of aromatic amines is 1. The molecule has 0 bridgehead atoms. The molecule has 30 heavy (non-hydrogen) atoms. The Morgan fingerprint density at radius 1 is 1.07 bits per heavy atom. The molecule has 6 nitrogen and oxygen atoms in total. The molecule has 1 saturated heterocycles. The first-order valence-corrected chi connectivity index (χ1v) is 10.3. The third kappa shape index (κ3) is 3.09. The highest BCUT2D eigenvalue weighted by atomic mass is 16.2. The van der Waals surface area contributed by atoms with Gasteiger partial charge in [0.2, 0.25) is 5.91 Å². The Kier molecular flexibility index (Phi) is 4.42. The van der Waals surface area contributed by atoms with Crippen molar-refractivity contribution in [1.82, 2.24) is 14.9 Å². The Bertz CT molecular complexity index is 1160. The van der Waals surface area contributed by atoms with Crippen molar-refractivity contribution >= 4 is 28.9 Å². The van der Waals surface area contributed by atoms with Gasteiger partial charge in [-0.1, -0.05) is 56.3 Å². The SMILES string of the molecule is CC(C)c1ccc(/C=N\N2CC(=O)N3Cc4[nH]c5ccccc5c4C[C@H]3C2=O)cc1. The molecule has 6 heteroatoms. The van der Waals surface area contributed by atoms with Crippen LogP contribution in [-0.2, 0) is 22.6 Å². The van der Waals surface area contributed by atoms with Gasteiger partial charge in [-0.3, -0.25) is 9.59 Å². The molecule has 3 aromatic rings. The number of carbonyl (C=O) groups excluding carboxylic acids is 2.